The number of fused-ring (bicyclic) bond motifs is 3. The second-order valence-electron chi connectivity index (χ2n) is 10.7. The number of nitrogens with zero attached hydrogens (tertiary/aromatic N) is 2. The molecule has 0 aliphatic carbocycles. The van der Waals surface area contributed by atoms with Crippen LogP contribution in [0.25, 0.3) is 75.8 Å². The molecule has 0 N–H and O–H groups in total. The highest BCUT2D eigenvalue weighted by molar-refractivity contribution is 7.26. The van der Waals surface area contributed by atoms with Gasteiger partial charge < -0.3 is 0 Å². The molecule has 202 valence electrons. The molecule has 0 spiro atoms. The van der Waals surface area contributed by atoms with E-state index in [4.69, 9.17) is 0 Å². The number of rotatable bonds is 5. The van der Waals surface area contributed by atoms with Crippen molar-refractivity contribution in [3.63, 3.8) is 0 Å². The molecule has 0 radical (unpaired) electrons. The summed E-state index contributed by atoms with van der Waals surface area (Å²) in [5.74, 6) is 0. The summed E-state index contributed by atoms with van der Waals surface area (Å²) < 4.78 is 2.60. The lowest BCUT2D eigenvalue weighted by Crippen LogP contribution is -1.87. The highest BCUT2D eigenvalue weighted by Gasteiger charge is 2.17. The maximum Gasteiger partial charge on any atom is 0.0434 e. The number of aromatic nitrogens is 2. The SMILES string of the molecule is c1ccc(-c2ccccc2-c2cccc3c2sc2c(-c4cc(-c5cccnc5)cc(-c5cccnc5)c4)cccc23)cc1. The zero-order valence-corrected chi connectivity index (χ0v) is 24.1. The molecule has 3 aromatic heterocycles. The first-order valence-corrected chi connectivity index (χ1v) is 15.2. The summed E-state index contributed by atoms with van der Waals surface area (Å²) in [6.07, 6.45) is 7.51. The zero-order valence-electron chi connectivity index (χ0n) is 23.3. The fourth-order valence-electron chi connectivity index (χ4n) is 6.03. The van der Waals surface area contributed by atoms with Crippen molar-refractivity contribution in [2.75, 3.05) is 0 Å². The van der Waals surface area contributed by atoms with E-state index < -0.39 is 0 Å². The van der Waals surface area contributed by atoms with Crippen molar-refractivity contribution in [2.24, 2.45) is 0 Å². The van der Waals surface area contributed by atoms with E-state index in [1.54, 1.807) is 0 Å². The maximum atomic E-state index is 4.40. The van der Waals surface area contributed by atoms with E-state index in [0.717, 1.165) is 22.3 Å². The predicted octanol–water partition coefficient (Wildman–Crippen LogP) is 11.2. The van der Waals surface area contributed by atoms with Crippen LogP contribution >= 0.6 is 11.3 Å². The van der Waals surface area contributed by atoms with Crippen molar-refractivity contribution < 1.29 is 0 Å². The van der Waals surface area contributed by atoms with Crippen molar-refractivity contribution in [1.29, 1.82) is 0 Å². The molecule has 8 rings (SSSR count). The predicted molar refractivity (Wildman–Crippen MR) is 182 cm³/mol. The van der Waals surface area contributed by atoms with Gasteiger partial charge in [-0.1, -0.05) is 103 Å². The van der Waals surface area contributed by atoms with Gasteiger partial charge >= 0.3 is 0 Å². The van der Waals surface area contributed by atoms with E-state index in [0.29, 0.717) is 0 Å². The third-order valence-electron chi connectivity index (χ3n) is 8.06. The molecule has 0 amide bonds. The van der Waals surface area contributed by atoms with E-state index in [9.17, 15) is 0 Å². The Hall–Kier alpha value is -5.38. The van der Waals surface area contributed by atoms with Crippen LogP contribution in [0.2, 0.25) is 0 Å². The number of hydrogen-bond donors (Lipinski definition) is 0. The Morgan fingerprint density at radius 1 is 0.349 bits per heavy atom. The average Bonchev–Trinajstić information content (AvgIpc) is 3.48. The summed E-state index contributed by atoms with van der Waals surface area (Å²) in [6.45, 7) is 0. The second kappa shape index (κ2) is 10.8. The van der Waals surface area contributed by atoms with Crippen LogP contribution in [0.4, 0.5) is 0 Å². The van der Waals surface area contributed by atoms with Gasteiger partial charge in [-0.3, -0.25) is 9.97 Å². The minimum atomic E-state index is 1.10. The molecule has 3 heteroatoms. The molecule has 3 heterocycles. The van der Waals surface area contributed by atoms with Gasteiger partial charge in [-0.25, -0.2) is 0 Å². The van der Waals surface area contributed by atoms with Crippen LogP contribution in [-0.4, -0.2) is 9.97 Å². The van der Waals surface area contributed by atoms with E-state index in [1.165, 1.54) is 53.6 Å². The van der Waals surface area contributed by atoms with Crippen molar-refractivity contribution in [3.8, 4) is 55.6 Å². The van der Waals surface area contributed by atoms with Gasteiger partial charge in [0.2, 0.25) is 0 Å². The van der Waals surface area contributed by atoms with Gasteiger partial charge in [0.25, 0.3) is 0 Å². The van der Waals surface area contributed by atoms with Crippen LogP contribution < -0.4 is 0 Å². The molecule has 0 atom stereocenters. The minimum Gasteiger partial charge on any atom is -0.264 e. The molecule has 0 aliphatic rings. The standard InChI is InChI=1S/C40H26N2S/c1-2-10-27(11-3-1)33-14-4-5-15-35(33)36-17-7-19-38-37-18-6-16-34(39(37)43-40(36)38)32-23-30(28-12-8-20-41-25-28)22-31(24-32)29-13-9-21-42-26-29/h1-26H. The van der Waals surface area contributed by atoms with Crippen molar-refractivity contribution >= 4 is 31.5 Å². The molecular weight excluding hydrogens is 541 g/mol. The normalized spacial score (nSPS) is 11.3. The Morgan fingerprint density at radius 2 is 0.860 bits per heavy atom. The second-order valence-corrected chi connectivity index (χ2v) is 11.7. The topological polar surface area (TPSA) is 25.8 Å². The molecule has 43 heavy (non-hydrogen) atoms. The molecule has 2 nitrogen and oxygen atoms in total. The molecule has 0 unspecified atom stereocenters. The fourth-order valence-corrected chi connectivity index (χ4v) is 7.39. The van der Waals surface area contributed by atoms with E-state index in [1.807, 2.05) is 48.3 Å². The molecule has 5 aromatic carbocycles. The Kier molecular flexibility index (Phi) is 6.36. The quantitative estimate of drug-likeness (QED) is 0.207. The molecule has 0 fully saturated rings. The first kappa shape index (κ1) is 25.3. The van der Waals surface area contributed by atoms with Crippen LogP contribution in [0.3, 0.4) is 0 Å². The summed E-state index contributed by atoms with van der Waals surface area (Å²) in [7, 11) is 0. The summed E-state index contributed by atoms with van der Waals surface area (Å²) in [5.41, 5.74) is 11.9. The smallest absolute Gasteiger partial charge is 0.0434 e. The van der Waals surface area contributed by atoms with Crippen LogP contribution in [0.1, 0.15) is 0 Å². The monoisotopic (exact) mass is 566 g/mol. The van der Waals surface area contributed by atoms with E-state index >= 15 is 0 Å². The van der Waals surface area contributed by atoms with Crippen LogP contribution in [0.15, 0.2) is 158 Å². The average molecular weight is 567 g/mol. The van der Waals surface area contributed by atoms with Gasteiger partial charge in [-0.15, -0.1) is 11.3 Å². The molecular formula is C40H26N2S. The number of hydrogen-bond acceptors (Lipinski definition) is 3. The third kappa shape index (κ3) is 4.61. The van der Waals surface area contributed by atoms with Gasteiger partial charge in [0.1, 0.15) is 0 Å². The first-order valence-electron chi connectivity index (χ1n) is 14.4. The molecule has 8 aromatic rings. The molecule has 0 saturated carbocycles. The summed E-state index contributed by atoms with van der Waals surface area (Å²) in [5, 5.41) is 2.57. The molecule has 0 bridgehead atoms. The Bertz CT molecular complexity index is 2160. The Labute approximate surface area is 254 Å². The largest absolute Gasteiger partial charge is 0.264 e. The Balaban J connectivity index is 1.36. The van der Waals surface area contributed by atoms with Crippen LogP contribution in [-0.2, 0) is 0 Å². The summed E-state index contributed by atoms with van der Waals surface area (Å²) in [6, 6.07) is 47.9. The highest BCUT2D eigenvalue weighted by Crippen LogP contribution is 2.46. The van der Waals surface area contributed by atoms with Gasteiger partial charge in [-0.2, -0.15) is 0 Å². The van der Waals surface area contributed by atoms with Crippen LogP contribution in [0, 0.1) is 0 Å². The van der Waals surface area contributed by atoms with Crippen molar-refractivity contribution in [2.45, 2.75) is 0 Å². The summed E-state index contributed by atoms with van der Waals surface area (Å²) >= 11 is 1.89. The van der Waals surface area contributed by atoms with Gasteiger partial charge in [0.15, 0.2) is 0 Å². The van der Waals surface area contributed by atoms with Gasteiger partial charge in [-0.05, 0) is 69.3 Å². The Morgan fingerprint density at radius 3 is 1.49 bits per heavy atom. The number of thiophene rings is 1. The van der Waals surface area contributed by atoms with E-state index in [2.05, 4.69) is 131 Å². The number of benzene rings is 5. The lowest BCUT2D eigenvalue weighted by Gasteiger charge is -2.11. The van der Waals surface area contributed by atoms with Crippen molar-refractivity contribution in [3.05, 3.63) is 158 Å². The molecule has 0 saturated heterocycles. The lowest BCUT2D eigenvalue weighted by atomic mass is 9.93. The van der Waals surface area contributed by atoms with E-state index in [-0.39, 0.29) is 0 Å². The number of pyridine rings is 2. The highest BCUT2D eigenvalue weighted by atomic mass is 32.1. The third-order valence-corrected chi connectivity index (χ3v) is 9.35. The lowest BCUT2D eigenvalue weighted by molar-refractivity contribution is 1.32. The fraction of sp³-hybridized carbons (Fsp3) is 0. The van der Waals surface area contributed by atoms with Crippen LogP contribution in [0.5, 0.6) is 0 Å². The zero-order chi connectivity index (χ0) is 28.6. The van der Waals surface area contributed by atoms with Gasteiger partial charge in [0, 0.05) is 61.7 Å². The maximum absolute atomic E-state index is 4.40. The minimum absolute atomic E-state index is 1.10. The van der Waals surface area contributed by atoms with Gasteiger partial charge in [0.05, 0.1) is 0 Å². The summed E-state index contributed by atoms with van der Waals surface area (Å²) in [4.78, 5) is 8.80. The first-order chi connectivity index (χ1) is 21.3. The molecule has 0 aliphatic heterocycles. The van der Waals surface area contributed by atoms with Crippen molar-refractivity contribution in [1.82, 2.24) is 9.97 Å².